The zero-order chi connectivity index (χ0) is 15.2. The van der Waals surface area contributed by atoms with E-state index in [2.05, 4.69) is 13.8 Å². The number of carbonyl (C=O) groups excluding carboxylic acids is 1. The number of likely N-dealkylation sites (N-methyl/N-ethyl adjacent to an activating group) is 1. The maximum Gasteiger partial charge on any atom is 0.235 e. The summed E-state index contributed by atoms with van der Waals surface area (Å²) >= 11 is 5.24. The minimum atomic E-state index is -0.674. The van der Waals surface area contributed by atoms with Crippen molar-refractivity contribution in [1.29, 1.82) is 0 Å². The average molecular weight is 300 g/mol. The lowest BCUT2D eigenvalue weighted by molar-refractivity contribution is -0.139. The van der Waals surface area contributed by atoms with Crippen molar-refractivity contribution in [1.82, 2.24) is 4.90 Å². The van der Waals surface area contributed by atoms with Gasteiger partial charge in [-0.15, -0.1) is 0 Å². The molecule has 0 bridgehead atoms. The Labute approximate surface area is 128 Å². The predicted molar refractivity (Wildman–Crippen MR) is 85.6 cm³/mol. The molecule has 1 heterocycles. The highest BCUT2D eigenvalue weighted by atomic mass is 32.1. The average Bonchev–Trinajstić information content (AvgIpc) is 2.90. The molecule has 4 nitrogen and oxygen atoms in total. The molecular weight excluding hydrogens is 272 g/mol. The summed E-state index contributed by atoms with van der Waals surface area (Å²) in [5.41, 5.74) is 5.27. The summed E-state index contributed by atoms with van der Waals surface area (Å²) in [6, 6.07) is 0. The first-order chi connectivity index (χ1) is 9.47. The number of amides is 1. The monoisotopic (exact) mass is 300 g/mol. The van der Waals surface area contributed by atoms with Crippen molar-refractivity contribution < 1.29 is 9.53 Å². The zero-order valence-corrected chi connectivity index (χ0v) is 13.8. The van der Waals surface area contributed by atoms with Gasteiger partial charge in [0.05, 0.1) is 16.5 Å². The molecular formula is C15H28N2O2S. The van der Waals surface area contributed by atoms with Crippen molar-refractivity contribution in [2.24, 2.45) is 11.1 Å². The van der Waals surface area contributed by atoms with E-state index < -0.39 is 5.41 Å². The smallest absolute Gasteiger partial charge is 0.235 e. The van der Waals surface area contributed by atoms with Crippen LogP contribution in [0.25, 0.3) is 0 Å². The quantitative estimate of drug-likeness (QED) is 0.700. The molecule has 1 rings (SSSR count). The van der Waals surface area contributed by atoms with Gasteiger partial charge in [-0.2, -0.15) is 0 Å². The number of hydrogen-bond donors (Lipinski definition) is 1. The van der Waals surface area contributed by atoms with Crippen LogP contribution < -0.4 is 5.73 Å². The number of ether oxygens (including phenoxy) is 1. The molecule has 1 saturated heterocycles. The SMILES string of the molecule is CCCC(CCC)(C(=O)N(C)CC1CCCO1)C(N)=S. The number of thiocarbonyl (C=S) groups is 1. The fourth-order valence-electron chi connectivity index (χ4n) is 3.09. The lowest BCUT2D eigenvalue weighted by Gasteiger charge is -2.35. The first-order valence-electron chi connectivity index (χ1n) is 7.65. The molecule has 1 aliphatic rings. The fraction of sp³-hybridized carbons (Fsp3) is 0.867. The summed E-state index contributed by atoms with van der Waals surface area (Å²) in [5.74, 6) is 0.0594. The highest BCUT2D eigenvalue weighted by molar-refractivity contribution is 7.80. The first-order valence-corrected chi connectivity index (χ1v) is 8.05. The molecule has 0 spiro atoms. The van der Waals surface area contributed by atoms with Crippen molar-refractivity contribution >= 4 is 23.1 Å². The lowest BCUT2D eigenvalue weighted by Crippen LogP contribution is -2.51. The van der Waals surface area contributed by atoms with Crippen molar-refractivity contribution in [3.05, 3.63) is 0 Å². The van der Waals surface area contributed by atoms with E-state index in [0.717, 1.165) is 45.1 Å². The highest BCUT2D eigenvalue weighted by Crippen LogP contribution is 2.33. The van der Waals surface area contributed by atoms with Gasteiger partial charge in [0.25, 0.3) is 0 Å². The Kier molecular flexibility index (Phi) is 6.89. The normalized spacial score (nSPS) is 19.1. The van der Waals surface area contributed by atoms with Crippen LogP contribution in [0, 0.1) is 5.41 Å². The number of nitrogens with zero attached hydrogens (tertiary/aromatic N) is 1. The molecule has 0 saturated carbocycles. The maximum atomic E-state index is 12.9. The van der Waals surface area contributed by atoms with E-state index in [4.69, 9.17) is 22.7 Å². The third kappa shape index (κ3) is 3.92. The Hall–Kier alpha value is -0.680. The van der Waals surface area contributed by atoms with Gasteiger partial charge in [0, 0.05) is 20.2 Å². The molecule has 0 radical (unpaired) electrons. The van der Waals surface area contributed by atoms with Crippen molar-refractivity contribution in [2.45, 2.75) is 58.5 Å². The summed E-state index contributed by atoms with van der Waals surface area (Å²) in [6.45, 7) is 5.57. The summed E-state index contributed by atoms with van der Waals surface area (Å²) < 4.78 is 5.61. The van der Waals surface area contributed by atoms with Crippen LogP contribution in [0.1, 0.15) is 52.4 Å². The molecule has 0 aromatic heterocycles. The van der Waals surface area contributed by atoms with E-state index in [-0.39, 0.29) is 12.0 Å². The molecule has 0 aromatic rings. The van der Waals surface area contributed by atoms with Crippen molar-refractivity contribution in [3.8, 4) is 0 Å². The van der Waals surface area contributed by atoms with E-state index in [0.29, 0.717) is 11.5 Å². The summed E-state index contributed by atoms with van der Waals surface area (Å²) in [6.07, 6.45) is 5.52. The van der Waals surface area contributed by atoms with Gasteiger partial charge >= 0.3 is 0 Å². The Bertz CT molecular complexity index is 335. The summed E-state index contributed by atoms with van der Waals surface area (Å²) in [5, 5.41) is 0. The third-order valence-corrected chi connectivity index (χ3v) is 4.47. The summed E-state index contributed by atoms with van der Waals surface area (Å²) in [7, 11) is 1.84. The van der Waals surface area contributed by atoms with Gasteiger partial charge in [-0.3, -0.25) is 4.79 Å². The number of rotatable bonds is 8. The standard InChI is InChI=1S/C15H28N2O2S/c1-4-8-15(9-5-2,13(16)20)14(18)17(3)11-12-7-6-10-19-12/h12H,4-11H2,1-3H3,(H2,16,20). The largest absolute Gasteiger partial charge is 0.392 e. The van der Waals surface area contributed by atoms with E-state index in [1.165, 1.54) is 0 Å². The van der Waals surface area contributed by atoms with Gasteiger partial charge in [0.15, 0.2) is 0 Å². The molecule has 0 aromatic carbocycles. The minimum Gasteiger partial charge on any atom is -0.392 e. The Morgan fingerprint density at radius 3 is 2.40 bits per heavy atom. The molecule has 2 N–H and O–H groups in total. The number of carbonyl (C=O) groups is 1. The highest BCUT2D eigenvalue weighted by Gasteiger charge is 2.42. The lowest BCUT2D eigenvalue weighted by atomic mass is 9.77. The van der Waals surface area contributed by atoms with E-state index in [1.807, 2.05) is 7.05 Å². The topological polar surface area (TPSA) is 55.6 Å². The molecule has 1 unspecified atom stereocenters. The van der Waals surface area contributed by atoms with Gasteiger partial charge in [-0.25, -0.2) is 0 Å². The van der Waals surface area contributed by atoms with Crippen molar-refractivity contribution in [3.63, 3.8) is 0 Å². The van der Waals surface area contributed by atoms with Crippen LogP contribution in [-0.4, -0.2) is 42.1 Å². The second-order valence-corrected chi connectivity index (χ2v) is 6.21. The van der Waals surface area contributed by atoms with Crippen LogP contribution in [0.2, 0.25) is 0 Å². The van der Waals surface area contributed by atoms with Crippen LogP contribution in [0.3, 0.4) is 0 Å². The van der Waals surface area contributed by atoms with Crippen LogP contribution in [0.15, 0.2) is 0 Å². The predicted octanol–water partition coefficient (Wildman–Crippen LogP) is 2.50. The second-order valence-electron chi connectivity index (χ2n) is 5.77. The third-order valence-electron chi connectivity index (χ3n) is 4.08. The number of hydrogen-bond acceptors (Lipinski definition) is 3. The number of nitrogens with two attached hydrogens (primary N) is 1. The molecule has 1 aliphatic heterocycles. The Morgan fingerprint density at radius 1 is 1.40 bits per heavy atom. The first kappa shape index (κ1) is 17.4. The van der Waals surface area contributed by atoms with Gasteiger partial charge in [-0.1, -0.05) is 38.9 Å². The molecule has 1 amide bonds. The molecule has 1 fully saturated rings. The molecule has 5 heteroatoms. The Balaban J connectivity index is 2.81. The molecule has 0 aliphatic carbocycles. The second kappa shape index (κ2) is 7.93. The molecule has 20 heavy (non-hydrogen) atoms. The maximum absolute atomic E-state index is 12.9. The van der Waals surface area contributed by atoms with Crippen LogP contribution >= 0.6 is 12.2 Å². The van der Waals surface area contributed by atoms with Gasteiger partial charge in [-0.05, 0) is 25.7 Å². The van der Waals surface area contributed by atoms with Crippen molar-refractivity contribution in [2.75, 3.05) is 20.2 Å². The van der Waals surface area contributed by atoms with Crippen LogP contribution in [-0.2, 0) is 9.53 Å². The zero-order valence-electron chi connectivity index (χ0n) is 13.0. The van der Waals surface area contributed by atoms with Gasteiger partial charge < -0.3 is 15.4 Å². The summed E-state index contributed by atoms with van der Waals surface area (Å²) in [4.78, 5) is 15.0. The Morgan fingerprint density at radius 2 is 2.00 bits per heavy atom. The molecule has 1 atom stereocenters. The minimum absolute atomic E-state index is 0.0594. The van der Waals surface area contributed by atoms with Gasteiger partial charge in [0.2, 0.25) is 5.91 Å². The van der Waals surface area contributed by atoms with Gasteiger partial charge in [0.1, 0.15) is 0 Å². The van der Waals surface area contributed by atoms with Crippen LogP contribution in [0.5, 0.6) is 0 Å². The van der Waals surface area contributed by atoms with E-state index in [9.17, 15) is 4.79 Å². The molecule has 116 valence electrons. The van der Waals surface area contributed by atoms with Crippen LogP contribution in [0.4, 0.5) is 0 Å². The van der Waals surface area contributed by atoms with E-state index >= 15 is 0 Å². The fourth-order valence-corrected chi connectivity index (χ4v) is 3.38. The van der Waals surface area contributed by atoms with E-state index in [1.54, 1.807) is 4.90 Å².